The molecule has 0 atom stereocenters. The molecule has 3 N–H and O–H groups in total. The molecule has 1 aromatic heterocycles. The first-order chi connectivity index (χ1) is 8.47. The topological polar surface area (TPSA) is 99.3 Å². The highest BCUT2D eigenvalue weighted by atomic mass is 35.5. The number of sulfonamides is 1. The first kappa shape index (κ1) is 15.2. The van der Waals surface area contributed by atoms with Crippen LogP contribution in [-0.2, 0) is 10.0 Å². The van der Waals surface area contributed by atoms with Crippen molar-refractivity contribution in [1.29, 1.82) is 0 Å². The summed E-state index contributed by atoms with van der Waals surface area (Å²) in [6.45, 7) is 0.376. The number of H-pyrrole nitrogens is 1. The van der Waals surface area contributed by atoms with Crippen molar-refractivity contribution in [2.75, 3.05) is 13.2 Å². The predicted molar refractivity (Wildman–Crippen MR) is 68.2 cm³/mol. The lowest BCUT2D eigenvalue weighted by Gasteiger charge is -2.06. The van der Waals surface area contributed by atoms with Crippen molar-refractivity contribution in [3.8, 4) is 0 Å². The van der Waals surface area contributed by atoms with E-state index in [1.165, 1.54) is 0 Å². The fourth-order valence-corrected chi connectivity index (χ4v) is 2.60. The number of pyridine rings is 1. The lowest BCUT2D eigenvalue weighted by Crippen LogP contribution is -2.25. The maximum atomic E-state index is 11.8. The van der Waals surface area contributed by atoms with Gasteiger partial charge < -0.3 is 10.1 Å². The SMILES string of the molecule is O=c1[nH]cc(S(=O)(=O)NCCCCCO)cc1Cl. The fraction of sp³-hybridized carbons (Fsp3) is 0.500. The van der Waals surface area contributed by atoms with Crippen LogP contribution in [0, 0.1) is 0 Å². The first-order valence-corrected chi connectivity index (χ1v) is 7.32. The van der Waals surface area contributed by atoms with E-state index in [4.69, 9.17) is 16.7 Å². The fourth-order valence-electron chi connectivity index (χ4n) is 1.30. The Morgan fingerprint density at radius 1 is 1.33 bits per heavy atom. The molecule has 8 heteroatoms. The first-order valence-electron chi connectivity index (χ1n) is 5.46. The minimum atomic E-state index is -3.65. The van der Waals surface area contributed by atoms with Crippen molar-refractivity contribution in [2.45, 2.75) is 24.2 Å². The zero-order valence-corrected chi connectivity index (χ0v) is 11.2. The van der Waals surface area contributed by atoms with Gasteiger partial charge in [-0.1, -0.05) is 11.6 Å². The molecule has 0 bridgehead atoms. The van der Waals surface area contributed by atoms with E-state index in [1.54, 1.807) is 0 Å². The molecule has 18 heavy (non-hydrogen) atoms. The Bertz CT molecular complexity index is 541. The standard InChI is InChI=1S/C10H15ClN2O4S/c11-9-6-8(7-12-10(9)15)18(16,17)13-4-2-1-3-5-14/h6-7,13-14H,1-5H2,(H,12,15). The van der Waals surface area contributed by atoms with Gasteiger partial charge in [-0.3, -0.25) is 4.79 Å². The number of hydrogen-bond acceptors (Lipinski definition) is 4. The van der Waals surface area contributed by atoms with Gasteiger partial charge in [-0.15, -0.1) is 0 Å². The highest BCUT2D eigenvalue weighted by molar-refractivity contribution is 7.89. The number of aliphatic hydroxyl groups excluding tert-OH is 1. The van der Waals surface area contributed by atoms with Gasteiger partial charge in [0.1, 0.15) is 5.02 Å². The maximum absolute atomic E-state index is 11.8. The zero-order chi connectivity index (χ0) is 13.6. The molecule has 0 aromatic carbocycles. The van der Waals surface area contributed by atoms with Crippen LogP contribution in [0.4, 0.5) is 0 Å². The average Bonchev–Trinajstić information content (AvgIpc) is 2.32. The van der Waals surface area contributed by atoms with E-state index in [-0.39, 0.29) is 23.1 Å². The molecule has 0 aliphatic heterocycles. The van der Waals surface area contributed by atoms with Crippen molar-refractivity contribution < 1.29 is 13.5 Å². The Kier molecular flexibility index (Phi) is 5.80. The summed E-state index contributed by atoms with van der Waals surface area (Å²) >= 11 is 5.56. The van der Waals surface area contributed by atoms with E-state index >= 15 is 0 Å². The summed E-state index contributed by atoms with van der Waals surface area (Å²) in [6, 6.07) is 1.11. The van der Waals surface area contributed by atoms with Crippen molar-refractivity contribution in [1.82, 2.24) is 9.71 Å². The molecular formula is C10H15ClN2O4S. The highest BCUT2D eigenvalue weighted by Gasteiger charge is 2.14. The zero-order valence-electron chi connectivity index (χ0n) is 9.65. The number of nitrogens with one attached hydrogen (secondary N) is 2. The van der Waals surface area contributed by atoms with E-state index in [2.05, 4.69) is 9.71 Å². The largest absolute Gasteiger partial charge is 0.396 e. The number of unbranched alkanes of at least 4 members (excludes halogenated alkanes) is 2. The van der Waals surface area contributed by atoms with Crippen LogP contribution >= 0.6 is 11.6 Å². The molecule has 0 aliphatic carbocycles. The van der Waals surface area contributed by atoms with Crippen LogP contribution in [0.1, 0.15) is 19.3 Å². The van der Waals surface area contributed by atoms with Gasteiger partial charge in [0.2, 0.25) is 10.0 Å². The third-order valence-electron chi connectivity index (χ3n) is 2.27. The average molecular weight is 295 g/mol. The summed E-state index contributed by atoms with van der Waals surface area (Å²) in [5, 5.41) is 8.40. The van der Waals surface area contributed by atoms with Crippen LogP contribution in [0.15, 0.2) is 22.0 Å². The number of rotatable bonds is 7. The molecule has 0 saturated heterocycles. The van der Waals surface area contributed by atoms with Crippen molar-refractivity contribution >= 4 is 21.6 Å². The van der Waals surface area contributed by atoms with E-state index in [1.807, 2.05) is 0 Å². The highest BCUT2D eigenvalue weighted by Crippen LogP contribution is 2.10. The number of aromatic nitrogens is 1. The summed E-state index contributed by atoms with van der Waals surface area (Å²) in [4.78, 5) is 13.2. The van der Waals surface area contributed by atoms with E-state index < -0.39 is 15.6 Å². The van der Waals surface area contributed by atoms with Gasteiger partial charge in [0.25, 0.3) is 5.56 Å². The molecule has 1 aromatic rings. The Balaban J connectivity index is 2.63. The molecule has 0 radical (unpaired) electrons. The quantitative estimate of drug-likeness (QED) is 0.637. The lowest BCUT2D eigenvalue weighted by molar-refractivity contribution is 0.283. The molecule has 0 saturated carbocycles. The molecule has 0 aliphatic rings. The second-order valence-electron chi connectivity index (χ2n) is 3.69. The monoisotopic (exact) mass is 294 g/mol. The van der Waals surface area contributed by atoms with Gasteiger partial charge in [-0.2, -0.15) is 0 Å². The Hall–Kier alpha value is -0.890. The van der Waals surface area contributed by atoms with Crippen molar-refractivity contribution in [3.63, 3.8) is 0 Å². The van der Waals surface area contributed by atoms with E-state index in [0.29, 0.717) is 12.8 Å². The third-order valence-corrected chi connectivity index (χ3v) is 3.99. The molecule has 1 rings (SSSR count). The Morgan fingerprint density at radius 3 is 2.67 bits per heavy atom. The summed E-state index contributed by atoms with van der Waals surface area (Å²) in [5.41, 5.74) is -0.529. The van der Waals surface area contributed by atoms with Crippen LogP contribution in [0.5, 0.6) is 0 Å². The summed E-state index contributed by atoms with van der Waals surface area (Å²) in [6.07, 6.45) is 3.12. The van der Waals surface area contributed by atoms with Crippen molar-refractivity contribution in [2.24, 2.45) is 0 Å². The lowest BCUT2D eigenvalue weighted by atomic mass is 10.2. The molecule has 0 unspecified atom stereocenters. The molecule has 102 valence electrons. The summed E-state index contributed by atoms with van der Waals surface area (Å²) < 4.78 is 26.0. The van der Waals surface area contributed by atoms with Gasteiger partial charge in [-0.25, -0.2) is 13.1 Å². The second-order valence-corrected chi connectivity index (χ2v) is 5.87. The molecule has 0 spiro atoms. The predicted octanol–water partition coefficient (Wildman–Crippen LogP) is 0.469. The molecular weight excluding hydrogens is 280 g/mol. The number of halogens is 1. The second kappa shape index (κ2) is 6.89. The minimum absolute atomic E-state index is 0.0748. The molecule has 0 amide bonds. The van der Waals surface area contributed by atoms with Gasteiger partial charge in [0.05, 0.1) is 4.90 Å². The maximum Gasteiger partial charge on any atom is 0.266 e. The van der Waals surface area contributed by atoms with Gasteiger partial charge >= 0.3 is 0 Å². The van der Waals surface area contributed by atoms with Crippen LogP contribution in [-0.4, -0.2) is 31.7 Å². The third kappa shape index (κ3) is 4.41. The van der Waals surface area contributed by atoms with E-state index in [0.717, 1.165) is 18.7 Å². The Labute approximate surface area is 110 Å². The van der Waals surface area contributed by atoms with Gasteiger partial charge in [0, 0.05) is 19.3 Å². The smallest absolute Gasteiger partial charge is 0.266 e. The summed E-state index contributed by atoms with van der Waals surface area (Å²) in [7, 11) is -3.65. The number of aromatic amines is 1. The minimum Gasteiger partial charge on any atom is -0.396 e. The van der Waals surface area contributed by atoms with E-state index in [9.17, 15) is 13.2 Å². The number of hydrogen-bond donors (Lipinski definition) is 3. The molecule has 1 heterocycles. The van der Waals surface area contributed by atoms with Crippen LogP contribution in [0.25, 0.3) is 0 Å². The number of aliphatic hydroxyl groups is 1. The molecule has 0 fully saturated rings. The Morgan fingerprint density at radius 2 is 2.06 bits per heavy atom. The van der Waals surface area contributed by atoms with Crippen LogP contribution in [0.3, 0.4) is 0 Å². The molecule has 6 nitrogen and oxygen atoms in total. The normalized spacial score (nSPS) is 11.7. The van der Waals surface area contributed by atoms with Crippen LogP contribution in [0.2, 0.25) is 5.02 Å². The summed E-state index contributed by atoms with van der Waals surface area (Å²) in [5.74, 6) is 0. The van der Waals surface area contributed by atoms with Crippen LogP contribution < -0.4 is 10.3 Å². The van der Waals surface area contributed by atoms with Gasteiger partial charge in [-0.05, 0) is 25.3 Å². The van der Waals surface area contributed by atoms with Gasteiger partial charge in [0.15, 0.2) is 0 Å². The van der Waals surface area contributed by atoms with Crippen molar-refractivity contribution in [3.05, 3.63) is 27.6 Å².